The molecule has 4 nitrogen and oxygen atoms in total. The maximum absolute atomic E-state index is 10.1. The summed E-state index contributed by atoms with van der Waals surface area (Å²) in [6.45, 7) is 5.82. The highest BCUT2D eigenvalue weighted by atomic mass is 35.5. The zero-order valence-corrected chi connectivity index (χ0v) is 8.18. The molecule has 0 aliphatic carbocycles. The van der Waals surface area contributed by atoms with Crippen molar-refractivity contribution in [2.24, 2.45) is 0 Å². The van der Waals surface area contributed by atoms with Gasteiger partial charge in [0.25, 0.3) is 0 Å². The molecule has 0 aromatic heterocycles. The Morgan fingerprint density at radius 3 is 2.33 bits per heavy atom. The number of hydrogen-bond acceptors (Lipinski definition) is 4. The summed E-state index contributed by atoms with van der Waals surface area (Å²) in [5, 5.41) is 0. The van der Waals surface area contributed by atoms with Crippen molar-refractivity contribution in [2.45, 2.75) is 26.4 Å². The van der Waals surface area contributed by atoms with Gasteiger partial charge in [-0.05, 0) is 20.8 Å². The molecule has 0 fully saturated rings. The highest BCUT2D eigenvalue weighted by molar-refractivity contribution is 6.61. The van der Waals surface area contributed by atoms with Gasteiger partial charge in [0.05, 0.1) is 5.60 Å². The molecule has 72 valence electrons. The third kappa shape index (κ3) is 9.68. The maximum Gasteiger partial charge on any atom is 0.403 e. The number of carbonyl (C=O) groups is 1. The Hall–Kier alpha value is -0.320. The van der Waals surface area contributed by atoms with Crippen LogP contribution in [0.2, 0.25) is 0 Å². The smallest absolute Gasteiger partial charge is 0.403 e. The van der Waals surface area contributed by atoms with Gasteiger partial charge >= 0.3 is 5.43 Å². The quantitative estimate of drug-likeness (QED) is 0.299. The Morgan fingerprint density at radius 2 is 1.92 bits per heavy atom. The standard InChI is InChI=1S/C7H13ClO4/c1-7(2,3)12-11-5-4-10-6(8)9/h4-5H2,1-3H3. The first-order chi connectivity index (χ1) is 5.42. The van der Waals surface area contributed by atoms with Crippen molar-refractivity contribution in [1.82, 2.24) is 0 Å². The van der Waals surface area contributed by atoms with Crippen LogP contribution in [-0.4, -0.2) is 24.2 Å². The Labute approximate surface area is 76.7 Å². The normalized spacial score (nSPS) is 11.3. The average Bonchev–Trinajstić information content (AvgIpc) is 1.83. The number of carbonyl (C=O) groups excluding carboxylic acids is 1. The zero-order chi connectivity index (χ0) is 9.61. The molecule has 0 aliphatic heterocycles. The lowest BCUT2D eigenvalue weighted by Crippen LogP contribution is -2.20. The first-order valence-electron chi connectivity index (χ1n) is 3.55. The highest BCUT2D eigenvalue weighted by Crippen LogP contribution is 2.06. The molecule has 5 heteroatoms. The Bertz CT molecular complexity index is 141. The molecule has 0 saturated heterocycles. The van der Waals surface area contributed by atoms with Crippen molar-refractivity contribution in [3.8, 4) is 0 Å². The third-order valence-electron chi connectivity index (χ3n) is 0.691. The van der Waals surface area contributed by atoms with E-state index in [0.29, 0.717) is 0 Å². The van der Waals surface area contributed by atoms with E-state index in [-0.39, 0.29) is 18.8 Å². The minimum absolute atomic E-state index is 0.0956. The number of hydrogen-bond donors (Lipinski definition) is 0. The van der Waals surface area contributed by atoms with E-state index in [4.69, 9.17) is 21.4 Å². The van der Waals surface area contributed by atoms with Crippen molar-refractivity contribution >= 4 is 17.0 Å². The fourth-order valence-corrected chi connectivity index (χ4v) is 0.452. The summed E-state index contributed by atoms with van der Waals surface area (Å²) in [7, 11) is 0. The monoisotopic (exact) mass is 196 g/mol. The van der Waals surface area contributed by atoms with Crippen LogP contribution in [0.15, 0.2) is 0 Å². The Balaban J connectivity index is 3.17. The molecule has 0 radical (unpaired) electrons. The molecule has 0 aromatic rings. The summed E-state index contributed by atoms with van der Waals surface area (Å²) in [6, 6.07) is 0. The van der Waals surface area contributed by atoms with Gasteiger partial charge in [0.2, 0.25) is 0 Å². The Kier molecular flexibility index (Phi) is 5.20. The summed E-state index contributed by atoms with van der Waals surface area (Å²) in [6.07, 6.45) is 0. The summed E-state index contributed by atoms with van der Waals surface area (Å²) in [5.41, 5.74) is -1.19. The van der Waals surface area contributed by atoms with Gasteiger partial charge in [-0.2, -0.15) is 0 Å². The second kappa shape index (κ2) is 5.35. The topological polar surface area (TPSA) is 44.8 Å². The largest absolute Gasteiger partial charge is 0.451 e. The van der Waals surface area contributed by atoms with Crippen molar-refractivity contribution in [1.29, 1.82) is 0 Å². The van der Waals surface area contributed by atoms with Crippen LogP contribution in [0, 0.1) is 0 Å². The van der Waals surface area contributed by atoms with Gasteiger partial charge in [-0.15, -0.1) is 0 Å². The van der Waals surface area contributed by atoms with Crippen LogP contribution < -0.4 is 0 Å². The van der Waals surface area contributed by atoms with Crippen LogP contribution >= 0.6 is 11.6 Å². The van der Waals surface area contributed by atoms with Gasteiger partial charge < -0.3 is 4.74 Å². The van der Waals surface area contributed by atoms with Crippen LogP contribution in [0.25, 0.3) is 0 Å². The molecule has 0 unspecified atom stereocenters. The molecule has 0 heterocycles. The molecule has 0 rings (SSSR count). The van der Waals surface area contributed by atoms with Crippen LogP contribution in [0.4, 0.5) is 4.79 Å². The second-order valence-corrected chi connectivity index (χ2v) is 3.41. The van der Waals surface area contributed by atoms with E-state index >= 15 is 0 Å². The molecular formula is C7H13ClO4. The molecular weight excluding hydrogens is 184 g/mol. The summed E-state index contributed by atoms with van der Waals surface area (Å²) < 4.78 is 4.38. The zero-order valence-electron chi connectivity index (χ0n) is 7.43. The third-order valence-corrected chi connectivity index (χ3v) is 0.800. The molecule has 0 aliphatic rings. The average molecular weight is 197 g/mol. The van der Waals surface area contributed by atoms with Crippen LogP contribution in [-0.2, 0) is 14.5 Å². The predicted octanol–water partition coefficient (Wildman–Crippen LogP) is 2.11. The number of ether oxygens (including phenoxy) is 1. The molecule has 0 amide bonds. The Morgan fingerprint density at radius 1 is 1.33 bits per heavy atom. The summed E-state index contributed by atoms with van der Waals surface area (Å²) >= 11 is 4.89. The van der Waals surface area contributed by atoms with Gasteiger partial charge in [0.15, 0.2) is 0 Å². The minimum Gasteiger partial charge on any atom is -0.451 e. The van der Waals surface area contributed by atoms with E-state index < -0.39 is 5.43 Å². The van der Waals surface area contributed by atoms with Crippen molar-refractivity contribution < 1.29 is 19.3 Å². The van der Waals surface area contributed by atoms with Crippen molar-refractivity contribution in [3.05, 3.63) is 0 Å². The molecule has 12 heavy (non-hydrogen) atoms. The number of halogens is 1. The van der Waals surface area contributed by atoms with Crippen LogP contribution in [0.5, 0.6) is 0 Å². The SMILES string of the molecule is CC(C)(C)OOCCOC(=O)Cl. The van der Waals surface area contributed by atoms with E-state index in [0.717, 1.165) is 0 Å². The molecule has 0 atom stereocenters. The second-order valence-electron chi connectivity index (χ2n) is 3.10. The molecule has 0 saturated carbocycles. The predicted molar refractivity (Wildman–Crippen MR) is 44.0 cm³/mol. The minimum atomic E-state index is -0.839. The van der Waals surface area contributed by atoms with Crippen molar-refractivity contribution in [2.75, 3.05) is 13.2 Å². The summed E-state index contributed by atoms with van der Waals surface area (Å²) in [5.74, 6) is 0. The van der Waals surface area contributed by atoms with E-state index in [1.165, 1.54) is 0 Å². The lowest BCUT2D eigenvalue weighted by Gasteiger charge is -2.17. The lowest BCUT2D eigenvalue weighted by atomic mass is 10.2. The molecule has 0 aromatic carbocycles. The number of rotatable bonds is 4. The lowest BCUT2D eigenvalue weighted by molar-refractivity contribution is -0.350. The van der Waals surface area contributed by atoms with E-state index in [1.54, 1.807) is 0 Å². The molecule has 0 bridgehead atoms. The highest BCUT2D eigenvalue weighted by Gasteiger charge is 2.10. The van der Waals surface area contributed by atoms with Gasteiger partial charge in [-0.3, -0.25) is 0 Å². The summed E-state index contributed by atoms with van der Waals surface area (Å²) in [4.78, 5) is 19.6. The van der Waals surface area contributed by atoms with E-state index in [9.17, 15) is 4.79 Å². The van der Waals surface area contributed by atoms with Gasteiger partial charge in [-0.25, -0.2) is 14.6 Å². The van der Waals surface area contributed by atoms with Gasteiger partial charge in [0.1, 0.15) is 13.2 Å². The first kappa shape index (κ1) is 11.7. The van der Waals surface area contributed by atoms with E-state index in [1.807, 2.05) is 20.8 Å². The van der Waals surface area contributed by atoms with Gasteiger partial charge in [0, 0.05) is 11.6 Å². The van der Waals surface area contributed by atoms with Crippen LogP contribution in [0.1, 0.15) is 20.8 Å². The maximum atomic E-state index is 10.1. The van der Waals surface area contributed by atoms with Crippen LogP contribution in [0.3, 0.4) is 0 Å². The fourth-order valence-electron chi connectivity index (χ4n) is 0.374. The first-order valence-corrected chi connectivity index (χ1v) is 3.92. The van der Waals surface area contributed by atoms with Gasteiger partial charge in [-0.1, -0.05) is 0 Å². The molecule has 0 spiro atoms. The van der Waals surface area contributed by atoms with Crippen molar-refractivity contribution in [3.63, 3.8) is 0 Å². The fraction of sp³-hybridized carbons (Fsp3) is 0.857. The molecule has 0 N–H and O–H groups in total. The van der Waals surface area contributed by atoms with E-state index in [2.05, 4.69) is 4.74 Å².